The van der Waals surface area contributed by atoms with Gasteiger partial charge >= 0.3 is 0 Å². The number of aromatic amines is 1. The van der Waals surface area contributed by atoms with Gasteiger partial charge in [0.2, 0.25) is 5.95 Å². The smallest absolute Gasteiger partial charge is 0.232 e. The van der Waals surface area contributed by atoms with E-state index in [9.17, 15) is 0 Å². The summed E-state index contributed by atoms with van der Waals surface area (Å²) in [6.45, 7) is 5.75. The molecule has 0 radical (unpaired) electrons. The summed E-state index contributed by atoms with van der Waals surface area (Å²) in [4.78, 5) is 14.9. The first-order valence-corrected chi connectivity index (χ1v) is 9.71. The van der Waals surface area contributed by atoms with E-state index in [1.807, 2.05) is 31.2 Å². The maximum absolute atomic E-state index is 4.76. The van der Waals surface area contributed by atoms with Gasteiger partial charge in [-0.2, -0.15) is 4.98 Å². The Bertz CT molecular complexity index is 1050. The molecular weight excluding hydrogens is 346 g/mol. The van der Waals surface area contributed by atoms with Crippen molar-refractivity contribution in [2.45, 2.75) is 20.3 Å². The van der Waals surface area contributed by atoms with Crippen molar-refractivity contribution in [1.29, 1.82) is 0 Å². The van der Waals surface area contributed by atoms with Gasteiger partial charge < -0.3 is 15.2 Å². The van der Waals surface area contributed by atoms with E-state index in [2.05, 4.69) is 69.7 Å². The van der Waals surface area contributed by atoms with Gasteiger partial charge in [0, 0.05) is 47.6 Å². The number of aromatic nitrogens is 3. The third kappa shape index (κ3) is 3.83. The minimum absolute atomic E-state index is 0.725. The van der Waals surface area contributed by atoms with E-state index in [0.29, 0.717) is 0 Å². The number of anilines is 3. The maximum atomic E-state index is 4.76. The normalized spacial score (nSPS) is 10.9. The zero-order chi connectivity index (χ0) is 19.3. The fourth-order valence-corrected chi connectivity index (χ4v) is 3.48. The van der Waals surface area contributed by atoms with Crippen LogP contribution in [0.25, 0.3) is 10.9 Å². The highest BCUT2D eigenvalue weighted by Gasteiger charge is 2.12. The number of nitrogens with one attached hydrogen (secondary N) is 2. The van der Waals surface area contributed by atoms with Crippen molar-refractivity contribution < 1.29 is 0 Å². The van der Waals surface area contributed by atoms with Crippen LogP contribution in [0.5, 0.6) is 0 Å². The second kappa shape index (κ2) is 8.13. The quantitative estimate of drug-likeness (QED) is 0.476. The number of benzene rings is 2. The molecule has 0 aliphatic carbocycles. The molecule has 2 aromatic heterocycles. The summed E-state index contributed by atoms with van der Waals surface area (Å²) in [7, 11) is 0. The molecule has 142 valence electrons. The van der Waals surface area contributed by atoms with E-state index < -0.39 is 0 Å². The highest BCUT2D eigenvalue weighted by Crippen LogP contribution is 2.23. The Hall–Kier alpha value is -3.34. The molecule has 0 fully saturated rings. The lowest BCUT2D eigenvalue weighted by Crippen LogP contribution is -2.20. The highest BCUT2D eigenvalue weighted by molar-refractivity contribution is 5.83. The van der Waals surface area contributed by atoms with Gasteiger partial charge in [0.1, 0.15) is 5.82 Å². The Morgan fingerprint density at radius 2 is 1.79 bits per heavy atom. The van der Waals surface area contributed by atoms with Gasteiger partial charge in [-0.3, -0.25) is 0 Å². The van der Waals surface area contributed by atoms with Crippen molar-refractivity contribution >= 4 is 28.4 Å². The van der Waals surface area contributed by atoms with E-state index >= 15 is 0 Å². The van der Waals surface area contributed by atoms with Crippen LogP contribution in [-0.2, 0) is 6.42 Å². The van der Waals surface area contributed by atoms with Crippen LogP contribution in [0.15, 0.2) is 66.9 Å². The minimum Gasteiger partial charge on any atom is -0.370 e. The van der Waals surface area contributed by atoms with Crippen molar-refractivity contribution in [2.24, 2.45) is 0 Å². The molecule has 2 N–H and O–H groups in total. The van der Waals surface area contributed by atoms with Gasteiger partial charge in [-0.05, 0) is 44.0 Å². The maximum Gasteiger partial charge on any atom is 0.232 e. The molecule has 0 amide bonds. The number of aryl methyl sites for hydroxylation is 1. The van der Waals surface area contributed by atoms with Crippen LogP contribution in [0.2, 0.25) is 0 Å². The molecule has 0 atom stereocenters. The lowest BCUT2D eigenvalue weighted by atomic mass is 10.1. The average Bonchev–Trinajstić information content (AvgIpc) is 3.12. The van der Waals surface area contributed by atoms with Crippen LogP contribution < -0.4 is 10.2 Å². The lowest BCUT2D eigenvalue weighted by Gasteiger charge is -2.22. The largest absolute Gasteiger partial charge is 0.370 e. The SMILES string of the molecule is CCN(c1ccccc1)c1nc(C)cc(NCCc2c[nH]c3ccccc23)n1. The summed E-state index contributed by atoms with van der Waals surface area (Å²) < 4.78 is 0. The number of para-hydroxylation sites is 2. The topological polar surface area (TPSA) is 56.8 Å². The average molecular weight is 371 g/mol. The van der Waals surface area contributed by atoms with E-state index in [-0.39, 0.29) is 0 Å². The predicted octanol–water partition coefficient (Wildman–Crippen LogP) is 5.08. The Morgan fingerprint density at radius 3 is 2.61 bits per heavy atom. The van der Waals surface area contributed by atoms with Crippen molar-refractivity contribution in [3.8, 4) is 0 Å². The standard InChI is InChI=1S/C23H25N5/c1-3-28(19-9-5-4-6-10-19)23-26-17(2)15-22(27-23)24-14-13-18-16-25-21-12-8-7-11-20(18)21/h4-12,15-16,25H,3,13-14H2,1-2H3,(H,24,26,27). The molecule has 4 aromatic rings. The van der Waals surface area contributed by atoms with Crippen molar-refractivity contribution in [2.75, 3.05) is 23.3 Å². The first-order chi connectivity index (χ1) is 13.7. The third-order valence-electron chi connectivity index (χ3n) is 4.84. The molecule has 5 heteroatoms. The van der Waals surface area contributed by atoms with Crippen LogP contribution in [0.4, 0.5) is 17.5 Å². The molecule has 0 saturated heterocycles. The van der Waals surface area contributed by atoms with Crippen molar-refractivity contribution in [3.05, 3.63) is 78.1 Å². The van der Waals surface area contributed by atoms with Gasteiger partial charge in [-0.15, -0.1) is 0 Å². The number of H-pyrrole nitrogens is 1. The number of rotatable bonds is 7. The second-order valence-corrected chi connectivity index (χ2v) is 6.81. The molecule has 0 bridgehead atoms. The van der Waals surface area contributed by atoms with Crippen molar-refractivity contribution in [1.82, 2.24) is 15.0 Å². The predicted molar refractivity (Wildman–Crippen MR) is 116 cm³/mol. The Morgan fingerprint density at radius 1 is 1.00 bits per heavy atom. The number of hydrogen-bond acceptors (Lipinski definition) is 4. The Kier molecular flexibility index (Phi) is 5.24. The molecule has 0 saturated carbocycles. The minimum atomic E-state index is 0.725. The Balaban J connectivity index is 1.49. The van der Waals surface area contributed by atoms with Crippen LogP contribution in [-0.4, -0.2) is 28.0 Å². The molecular formula is C23H25N5. The van der Waals surface area contributed by atoms with Gasteiger partial charge in [0.05, 0.1) is 0 Å². The molecule has 0 aliphatic heterocycles. The molecule has 0 spiro atoms. The first-order valence-electron chi connectivity index (χ1n) is 9.71. The zero-order valence-corrected chi connectivity index (χ0v) is 16.3. The van der Waals surface area contributed by atoms with Crippen LogP contribution in [0.3, 0.4) is 0 Å². The van der Waals surface area contributed by atoms with E-state index in [0.717, 1.165) is 42.7 Å². The molecule has 0 unspecified atom stereocenters. The van der Waals surface area contributed by atoms with Gasteiger partial charge in [0.15, 0.2) is 0 Å². The number of fused-ring (bicyclic) bond motifs is 1. The van der Waals surface area contributed by atoms with E-state index in [1.165, 1.54) is 16.5 Å². The summed E-state index contributed by atoms with van der Waals surface area (Å²) in [6.07, 6.45) is 3.02. The summed E-state index contributed by atoms with van der Waals surface area (Å²) in [5.74, 6) is 1.58. The lowest BCUT2D eigenvalue weighted by molar-refractivity contribution is 0.926. The monoisotopic (exact) mass is 371 g/mol. The molecule has 4 rings (SSSR count). The molecule has 28 heavy (non-hydrogen) atoms. The summed E-state index contributed by atoms with van der Waals surface area (Å²) >= 11 is 0. The van der Waals surface area contributed by atoms with E-state index in [1.54, 1.807) is 0 Å². The van der Waals surface area contributed by atoms with Gasteiger partial charge in [0.25, 0.3) is 0 Å². The molecule has 2 aromatic carbocycles. The van der Waals surface area contributed by atoms with Gasteiger partial charge in [-0.1, -0.05) is 36.4 Å². The second-order valence-electron chi connectivity index (χ2n) is 6.81. The summed E-state index contributed by atoms with van der Waals surface area (Å²) in [5, 5.41) is 4.75. The number of hydrogen-bond donors (Lipinski definition) is 2. The highest BCUT2D eigenvalue weighted by atomic mass is 15.3. The summed E-state index contributed by atoms with van der Waals surface area (Å²) in [5.41, 5.74) is 4.54. The van der Waals surface area contributed by atoms with Gasteiger partial charge in [-0.25, -0.2) is 4.98 Å². The fourth-order valence-electron chi connectivity index (χ4n) is 3.48. The zero-order valence-electron chi connectivity index (χ0n) is 16.3. The van der Waals surface area contributed by atoms with Crippen LogP contribution in [0.1, 0.15) is 18.2 Å². The van der Waals surface area contributed by atoms with E-state index in [4.69, 9.17) is 4.98 Å². The summed E-state index contributed by atoms with van der Waals surface area (Å²) in [6, 6.07) is 20.7. The molecule has 0 aliphatic rings. The van der Waals surface area contributed by atoms with Crippen LogP contribution in [0, 0.1) is 6.92 Å². The third-order valence-corrected chi connectivity index (χ3v) is 4.84. The first kappa shape index (κ1) is 18.0. The van der Waals surface area contributed by atoms with Crippen LogP contribution >= 0.6 is 0 Å². The number of nitrogens with zero attached hydrogens (tertiary/aromatic N) is 3. The molecule has 5 nitrogen and oxygen atoms in total. The molecule has 2 heterocycles. The fraction of sp³-hybridized carbons (Fsp3) is 0.217. The van der Waals surface area contributed by atoms with Crippen molar-refractivity contribution in [3.63, 3.8) is 0 Å². The Labute approximate surface area is 165 Å².